The molecule has 0 N–H and O–H groups in total. The van der Waals surface area contributed by atoms with Gasteiger partial charge in [-0.05, 0) is 0 Å². The summed E-state index contributed by atoms with van der Waals surface area (Å²) in [4.78, 5) is 0. The first-order valence-electron chi connectivity index (χ1n) is 0. The molecule has 0 heterocycles. The minimum atomic E-state index is 0. The van der Waals surface area contributed by atoms with E-state index < -0.39 is 0 Å². The maximum atomic E-state index is 0. The second-order valence-electron chi connectivity index (χ2n) is 0. The maximum absolute atomic E-state index is 0. The zero-order valence-electron chi connectivity index (χ0n) is 3.49. The maximum Gasteiger partial charge on any atom is 0 e. The van der Waals surface area contributed by atoms with Gasteiger partial charge in [-0.1, -0.05) is 0 Å². The van der Waals surface area contributed by atoms with Gasteiger partial charge in [-0.25, -0.2) is 0 Å². The van der Waals surface area contributed by atoms with E-state index >= 15 is 0 Å². The van der Waals surface area contributed by atoms with Gasteiger partial charge in [-0.15, -0.1) is 0 Å². The van der Waals surface area contributed by atoms with Crippen molar-refractivity contribution in [2.24, 2.45) is 0 Å². The summed E-state index contributed by atoms with van der Waals surface area (Å²) >= 11 is 0. The van der Waals surface area contributed by atoms with E-state index in [9.17, 15) is 0 Å². The van der Waals surface area contributed by atoms with E-state index in [1.54, 1.807) is 0 Å². The Bertz CT molecular complexity index is 6.88. The van der Waals surface area contributed by atoms with Gasteiger partial charge in [-0.3, -0.25) is 0 Å². The van der Waals surface area contributed by atoms with Gasteiger partial charge >= 0.3 is 0 Å². The summed E-state index contributed by atoms with van der Waals surface area (Å²) in [6.07, 6.45) is 0. The van der Waals surface area contributed by atoms with Gasteiger partial charge in [-0.2, -0.15) is 0 Å². The molecule has 0 amide bonds. The summed E-state index contributed by atoms with van der Waals surface area (Å²) in [7, 11) is 0. The largest absolute Gasteiger partial charge is 0 e. The normalized spacial score (nSPS) is 0. The van der Waals surface area contributed by atoms with E-state index in [-0.39, 0.29) is 200 Å². The van der Waals surface area contributed by atoms with E-state index in [2.05, 4.69) is 0 Å². The molecular formula is Co7Pr2. The summed E-state index contributed by atoms with van der Waals surface area (Å²) < 4.78 is 0. The summed E-state index contributed by atoms with van der Waals surface area (Å²) in [6.45, 7) is 0. The van der Waals surface area contributed by atoms with Crippen molar-refractivity contribution in [3.8, 4) is 0 Å². The molecule has 0 saturated heterocycles. The van der Waals surface area contributed by atoms with E-state index in [0.29, 0.717) is 0 Å². The van der Waals surface area contributed by atoms with Crippen LogP contribution in [0.25, 0.3) is 0 Å². The van der Waals surface area contributed by atoms with Gasteiger partial charge in [0.25, 0.3) is 0 Å². The molecule has 0 aromatic carbocycles. The number of rotatable bonds is 0. The van der Waals surface area contributed by atoms with Crippen LogP contribution < -0.4 is 0 Å². The standard InChI is InChI=1S/7Co.2Pr. The summed E-state index contributed by atoms with van der Waals surface area (Å²) in [6, 6.07) is 0. The van der Waals surface area contributed by atoms with Crippen molar-refractivity contribution in [3.05, 3.63) is 0 Å². The van der Waals surface area contributed by atoms with Crippen LogP contribution in [0.15, 0.2) is 0 Å². The molecule has 0 aromatic heterocycles. The fourth-order valence-electron chi connectivity index (χ4n) is 0. The molecule has 0 atom stereocenters. The van der Waals surface area contributed by atoms with Crippen molar-refractivity contribution in [3.63, 3.8) is 0 Å². The molecule has 0 aliphatic carbocycles. The van der Waals surface area contributed by atoms with Crippen LogP contribution in [0.2, 0.25) is 0 Å². The summed E-state index contributed by atoms with van der Waals surface area (Å²) in [5.41, 5.74) is 0. The quantitative estimate of drug-likeness (QED) is 0.335. The third-order valence-corrected chi connectivity index (χ3v) is 0. The zero-order chi connectivity index (χ0) is 0. The SMILES string of the molecule is [Co].[Co].[Co].[Co].[Co].[Co].[Co].[Pr].[Pr]. The second kappa shape index (κ2) is 63.9. The Labute approximate surface area is 195 Å². The minimum absolute atomic E-state index is 0. The summed E-state index contributed by atoms with van der Waals surface area (Å²) in [5, 5.41) is 0. The fourth-order valence-corrected chi connectivity index (χ4v) is 0. The van der Waals surface area contributed by atoms with Crippen LogP contribution in [0, 0.1) is 82.6 Å². The fraction of sp³-hybridized carbons (Fsp3) is 0. The average molecular weight is 694 g/mol. The van der Waals surface area contributed by atoms with Crippen LogP contribution in [0.1, 0.15) is 0 Å². The topological polar surface area (TPSA) is 0 Å². The predicted octanol–water partition coefficient (Wildman–Crippen LogP) is -0.0175. The van der Waals surface area contributed by atoms with E-state index in [1.165, 1.54) is 0 Å². The van der Waals surface area contributed by atoms with Crippen molar-refractivity contribution in [2.45, 2.75) is 0 Å². The Morgan fingerprint density at radius 3 is 0.222 bits per heavy atom. The Morgan fingerprint density at radius 2 is 0.222 bits per heavy atom. The molecule has 0 bridgehead atoms. The Morgan fingerprint density at radius 1 is 0.222 bits per heavy atom. The van der Waals surface area contributed by atoms with E-state index in [4.69, 9.17) is 0 Å². The molecule has 0 fully saturated rings. The van der Waals surface area contributed by atoms with Crippen molar-refractivity contribution in [1.29, 1.82) is 0 Å². The third-order valence-electron chi connectivity index (χ3n) is 0. The van der Waals surface area contributed by atoms with Gasteiger partial charge < -0.3 is 0 Å². The van der Waals surface area contributed by atoms with Gasteiger partial charge in [0.15, 0.2) is 0 Å². The predicted molar refractivity (Wildman–Crippen MR) is 0 cm³/mol. The van der Waals surface area contributed by atoms with Crippen molar-refractivity contribution < 1.29 is 200 Å². The van der Waals surface area contributed by atoms with Crippen molar-refractivity contribution >= 4 is 0 Å². The third kappa shape index (κ3) is 54.6. The average Bonchev–Trinajstić information content (AvgIpc) is 0. The Balaban J connectivity index is 0. The van der Waals surface area contributed by atoms with Crippen LogP contribution in [-0.2, 0) is 117 Å². The van der Waals surface area contributed by atoms with Crippen LogP contribution in [-0.4, -0.2) is 0 Å². The van der Waals surface area contributed by atoms with Crippen molar-refractivity contribution in [2.75, 3.05) is 0 Å². The molecule has 9 heavy (non-hydrogen) atoms. The molecule has 9 radical (unpaired) electrons. The molecule has 69 valence electrons. The molecular weight excluding hydrogens is 694 g/mol. The van der Waals surface area contributed by atoms with Crippen LogP contribution >= 0.6 is 0 Å². The molecule has 0 aliphatic heterocycles. The zero-order valence-corrected chi connectivity index (χ0v) is 18.2. The van der Waals surface area contributed by atoms with Gasteiger partial charge in [0.05, 0.1) is 0 Å². The van der Waals surface area contributed by atoms with E-state index in [0.717, 1.165) is 0 Å². The van der Waals surface area contributed by atoms with Gasteiger partial charge in [0.1, 0.15) is 0 Å². The van der Waals surface area contributed by atoms with E-state index in [1.807, 2.05) is 0 Å². The first-order valence-corrected chi connectivity index (χ1v) is 0. The van der Waals surface area contributed by atoms with Gasteiger partial charge in [0.2, 0.25) is 0 Å². The summed E-state index contributed by atoms with van der Waals surface area (Å²) in [5.74, 6) is 0. The Hall–Kier alpha value is 6.27. The number of hydrogen-bond acceptors (Lipinski definition) is 0. The minimum Gasteiger partial charge on any atom is 0 e. The number of hydrogen-bond donors (Lipinski definition) is 0. The van der Waals surface area contributed by atoms with Crippen LogP contribution in [0.3, 0.4) is 0 Å². The smallest absolute Gasteiger partial charge is 0 e. The molecule has 0 unspecified atom stereocenters. The molecule has 0 spiro atoms. The molecule has 0 saturated carbocycles. The molecule has 0 aromatic rings. The van der Waals surface area contributed by atoms with Crippen LogP contribution in [0.4, 0.5) is 0 Å². The molecule has 0 nitrogen and oxygen atoms in total. The Kier molecular flexibility index (Phi) is 561. The molecule has 0 rings (SSSR count). The monoisotopic (exact) mass is 694 g/mol. The molecule has 0 aliphatic rings. The molecule has 9 heteroatoms. The first-order chi connectivity index (χ1) is 0. The van der Waals surface area contributed by atoms with Gasteiger partial charge in [0, 0.05) is 200 Å². The van der Waals surface area contributed by atoms with Crippen molar-refractivity contribution in [1.82, 2.24) is 0 Å². The van der Waals surface area contributed by atoms with Crippen LogP contribution in [0.5, 0.6) is 0 Å². The first kappa shape index (κ1) is 79.1. The second-order valence-corrected chi connectivity index (χ2v) is 0.